The number of carboxylic acid groups (broad SMARTS) is 1. The van der Waals surface area contributed by atoms with Crippen LogP contribution in [-0.2, 0) is 4.79 Å². The molecular formula is C16H25NO2. The number of anilines is 1. The number of carbonyl (C=O) groups is 1. The minimum Gasteiger partial charge on any atom is -0.481 e. The Bertz CT molecular complexity index is 376. The van der Waals surface area contributed by atoms with Crippen LogP contribution in [0.2, 0.25) is 0 Å². The number of hydrogen-bond donors (Lipinski definition) is 1. The van der Waals surface area contributed by atoms with Crippen molar-refractivity contribution in [3.05, 3.63) is 30.3 Å². The lowest BCUT2D eigenvalue weighted by Gasteiger charge is -2.36. The first-order valence-corrected chi connectivity index (χ1v) is 7.09. The Morgan fingerprint density at radius 1 is 1.26 bits per heavy atom. The molecule has 1 rings (SSSR count). The van der Waals surface area contributed by atoms with Gasteiger partial charge in [-0.05, 0) is 30.9 Å². The van der Waals surface area contributed by atoms with E-state index in [2.05, 4.69) is 37.8 Å². The molecule has 19 heavy (non-hydrogen) atoms. The van der Waals surface area contributed by atoms with Crippen LogP contribution in [0.3, 0.4) is 0 Å². The summed E-state index contributed by atoms with van der Waals surface area (Å²) in [5.74, 6) is -0.166. The van der Waals surface area contributed by atoms with E-state index in [1.807, 2.05) is 18.2 Å². The first-order chi connectivity index (χ1) is 9.06. The molecule has 0 saturated heterocycles. The Labute approximate surface area is 116 Å². The van der Waals surface area contributed by atoms with Crippen molar-refractivity contribution in [3.8, 4) is 0 Å². The molecule has 3 heteroatoms. The van der Waals surface area contributed by atoms with E-state index in [-0.39, 0.29) is 6.42 Å². The van der Waals surface area contributed by atoms with Crippen molar-refractivity contribution in [2.24, 2.45) is 5.92 Å². The van der Waals surface area contributed by atoms with Crippen molar-refractivity contribution < 1.29 is 9.90 Å². The summed E-state index contributed by atoms with van der Waals surface area (Å²) in [5.41, 5.74) is 1.19. The van der Waals surface area contributed by atoms with E-state index >= 15 is 0 Å². The highest BCUT2D eigenvalue weighted by molar-refractivity contribution is 5.66. The van der Waals surface area contributed by atoms with Crippen LogP contribution in [0.1, 0.15) is 40.0 Å². The largest absolute Gasteiger partial charge is 0.481 e. The summed E-state index contributed by atoms with van der Waals surface area (Å²) in [6.07, 6.45) is 1.99. The zero-order chi connectivity index (χ0) is 14.3. The SMILES string of the molecule is CCC(C(C)C)N(CCCC(=O)O)c1ccccc1. The van der Waals surface area contributed by atoms with Gasteiger partial charge in [-0.1, -0.05) is 39.0 Å². The maximum Gasteiger partial charge on any atom is 0.303 e. The average Bonchev–Trinajstić information content (AvgIpc) is 2.38. The van der Waals surface area contributed by atoms with Gasteiger partial charge in [0.1, 0.15) is 0 Å². The third kappa shape index (κ3) is 4.93. The lowest BCUT2D eigenvalue weighted by Crippen LogP contribution is -2.39. The summed E-state index contributed by atoms with van der Waals surface area (Å²) in [7, 11) is 0. The predicted octanol–water partition coefficient (Wildman–Crippen LogP) is 3.79. The molecule has 0 radical (unpaired) electrons. The number of aliphatic carboxylic acids is 1. The highest BCUT2D eigenvalue weighted by atomic mass is 16.4. The van der Waals surface area contributed by atoms with Crippen molar-refractivity contribution in [2.45, 2.75) is 46.1 Å². The van der Waals surface area contributed by atoms with Crippen LogP contribution in [0.4, 0.5) is 5.69 Å². The average molecular weight is 263 g/mol. The number of nitrogens with zero attached hydrogens (tertiary/aromatic N) is 1. The molecule has 0 aliphatic carbocycles. The van der Waals surface area contributed by atoms with E-state index in [9.17, 15) is 4.79 Å². The van der Waals surface area contributed by atoms with Gasteiger partial charge in [0.25, 0.3) is 0 Å². The zero-order valence-corrected chi connectivity index (χ0v) is 12.2. The van der Waals surface area contributed by atoms with Crippen molar-refractivity contribution in [1.29, 1.82) is 0 Å². The Hall–Kier alpha value is -1.51. The van der Waals surface area contributed by atoms with Crippen LogP contribution in [0.15, 0.2) is 30.3 Å². The summed E-state index contributed by atoms with van der Waals surface area (Å²) in [5, 5.41) is 8.78. The molecule has 0 aliphatic rings. The molecule has 0 amide bonds. The molecule has 0 fully saturated rings. The van der Waals surface area contributed by atoms with E-state index < -0.39 is 5.97 Å². The first-order valence-electron chi connectivity index (χ1n) is 7.09. The second-order valence-electron chi connectivity index (χ2n) is 5.25. The molecule has 0 saturated carbocycles. The fourth-order valence-corrected chi connectivity index (χ4v) is 2.56. The fourth-order valence-electron chi connectivity index (χ4n) is 2.56. The molecule has 0 aromatic heterocycles. The molecule has 106 valence electrons. The van der Waals surface area contributed by atoms with E-state index in [4.69, 9.17) is 5.11 Å². The molecule has 1 unspecified atom stereocenters. The Morgan fingerprint density at radius 3 is 2.37 bits per heavy atom. The number of para-hydroxylation sites is 1. The smallest absolute Gasteiger partial charge is 0.303 e. The van der Waals surface area contributed by atoms with Gasteiger partial charge in [-0.2, -0.15) is 0 Å². The number of hydrogen-bond acceptors (Lipinski definition) is 2. The van der Waals surface area contributed by atoms with Crippen molar-refractivity contribution in [3.63, 3.8) is 0 Å². The van der Waals surface area contributed by atoms with Gasteiger partial charge in [0.05, 0.1) is 0 Å². The van der Waals surface area contributed by atoms with Crippen molar-refractivity contribution in [1.82, 2.24) is 0 Å². The summed E-state index contributed by atoms with van der Waals surface area (Å²) in [4.78, 5) is 13.0. The molecular weight excluding hydrogens is 238 g/mol. The lowest BCUT2D eigenvalue weighted by atomic mass is 9.98. The standard InChI is InChI=1S/C16H25NO2/c1-4-15(13(2)3)17(12-8-11-16(18)19)14-9-6-5-7-10-14/h5-7,9-10,13,15H,4,8,11-12H2,1-3H3,(H,18,19). The number of benzene rings is 1. The topological polar surface area (TPSA) is 40.5 Å². The minimum atomic E-state index is -0.717. The third-order valence-electron chi connectivity index (χ3n) is 3.47. The Morgan fingerprint density at radius 2 is 1.89 bits per heavy atom. The molecule has 0 heterocycles. The normalized spacial score (nSPS) is 12.4. The van der Waals surface area contributed by atoms with Crippen LogP contribution < -0.4 is 4.90 Å². The van der Waals surface area contributed by atoms with Gasteiger partial charge in [0, 0.05) is 24.7 Å². The predicted molar refractivity (Wildman–Crippen MR) is 79.6 cm³/mol. The highest BCUT2D eigenvalue weighted by Gasteiger charge is 2.20. The van der Waals surface area contributed by atoms with Crippen LogP contribution in [-0.4, -0.2) is 23.7 Å². The van der Waals surface area contributed by atoms with E-state index in [0.717, 1.165) is 13.0 Å². The van der Waals surface area contributed by atoms with Gasteiger partial charge in [0.15, 0.2) is 0 Å². The van der Waals surface area contributed by atoms with Crippen molar-refractivity contribution in [2.75, 3.05) is 11.4 Å². The molecule has 1 atom stereocenters. The van der Waals surface area contributed by atoms with Crippen LogP contribution >= 0.6 is 0 Å². The van der Waals surface area contributed by atoms with Gasteiger partial charge < -0.3 is 10.0 Å². The van der Waals surface area contributed by atoms with Gasteiger partial charge >= 0.3 is 5.97 Å². The summed E-state index contributed by atoms with van der Waals surface area (Å²) in [6, 6.07) is 10.7. The highest BCUT2D eigenvalue weighted by Crippen LogP contribution is 2.23. The maximum absolute atomic E-state index is 10.7. The van der Waals surface area contributed by atoms with Crippen LogP contribution in [0, 0.1) is 5.92 Å². The quantitative estimate of drug-likeness (QED) is 0.775. The lowest BCUT2D eigenvalue weighted by molar-refractivity contribution is -0.137. The summed E-state index contributed by atoms with van der Waals surface area (Å²) in [6.45, 7) is 7.44. The number of carboxylic acids is 1. The molecule has 0 aliphatic heterocycles. The van der Waals surface area contributed by atoms with Gasteiger partial charge in [-0.15, -0.1) is 0 Å². The number of rotatable bonds is 8. The Kier molecular flexibility index (Phi) is 6.40. The molecule has 0 spiro atoms. The third-order valence-corrected chi connectivity index (χ3v) is 3.47. The molecule has 1 aromatic carbocycles. The van der Waals surface area contributed by atoms with Crippen molar-refractivity contribution >= 4 is 11.7 Å². The first kappa shape index (κ1) is 15.5. The van der Waals surface area contributed by atoms with Crippen LogP contribution in [0.5, 0.6) is 0 Å². The van der Waals surface area contributed by atoms with E-state index in [0.29, 0.717) is 18.4 Å². The second-order valence-corrected chi connectivity index (χ2v) is 5.25. The summed E-state index contributed by atoms with van der Waals surface area (Å²) < 4.78 is 0. The zero-order valence-electron chi connectivity index (χ0n) is 12.2. The minimum absolute atomic E-state index is 0.234. The Balaban J connectivity index is 2.81. The van der Waals surface area contributed by atoms with E-state index in [1.165, 1.54) is 5.69 Å². The molecule has 1 aromatic rings. The molecule has 3 nitrogen and oxygen atoms in total. The van der Waals surface area contributed by atoms with Gasteiger partial charge in [0.2, 0.25) is 0 Å². The van der Waals surface area contributed by atoms with Gasteiger partial charge in [-0.25, -0.2) is 0 Å². The monoisotopic (exact) mass is 263 g/mol. The maximum atomic E-state index is 10.7. The second kappa shape index (κ2) is 7.82. The molecule has 0 bridgehead atoms. The van der Waals surface area contributed by atoms with Gasteiger partial charge in [-0.3, -0.25) is 4.79 Å². The van der Waals surface area contributed by atoms with Crippen LogP contribution in [0.25, 0.3) is 0 Å². The fraction of sp³-hybridized carbons (Fsp3) is 0.562. The molecule has 1 N–H and O–H groups in total. The van der Waals surface area contributed by atoms with E-state index in [1.54, 1.807) is 0 Å². The summed E-state index contributed by atoms with van der Waals surface area (Å²) >= 11 is 0.